The van der Waals surface area contributed by atoms with Gasteiger partial charge in [0, 0.05) is 39.8 Å². The number of β-amino-alcohol motifs (C(OH)–C–C–N with tert-alkyl or cyclic N) is 1. The van der Waals surface area contributed by atoms with Crippen LogP contribution < -0.4 is 10.2 Å². The van der Waals surface area contributed by atoms with E-state index in [1.54, 1.807) is 14.0 Å². The summed E-state index contributed by atoms with van der Waals surface area (Å²) in [4.78, 5) is 23.2. The summed E-state index contributed by atoms with van der Waals surface area (Å²) in [5.41, 5.74) is 0.316. The summed E-state index contributed by atoms with van der Waals surface area (Å²) in [5.74, 6) is 0.742. The maximum atomic E-state index is 11.3. The van der Waals surface area contributed by atoms with Crippen molar-refractivity contribution in [1.29, 1.82) is 0 Å². The number of hydrogen-bond acceptors (Lipinski definition) is 8. The summed E-state index contributed by atoms with van der Waals surface area (Å²) in [5, 5.41) is 23.1. The first kappa shape index (κ1) is 15.4. The molecule has 0 saturated carbocycles. The number of hydrogen-bond donors (Lipinski definition) is 2. The zero-order valence-electron chi connectivity index (χ0n) is 12.2. The number of nitro groups is 1. The van der Waals surface area contributed by atoms with Gasteiger partial charge in [-0.15, -0.1) is 0 Å². The predicted octanol–water partition coefficient (Wildman–Crippen LogP) is -0.151. The van der Waals surface area contributed by atoms with Crippen molar-refractivity contribution in [2.45, 2.75) is 6.92 Å². The minimum atomic E-state index is -0.426. The Hall–Kier alpha value is -2.00. The fourth-order valence-corrected chi connectivity index (χ4v) is 2.42. The Morgan fingerprint density at radius 1 is 1.33 bits per heavy atom. The van der Waals surface area contributed by atoms with Gasteiger partial charge in [0.1, 0.15) is 5.69 Å². The monoisotopic (exact) mass is 296 g/mol. The maximum absolute atomic E-state index is 11.3. The molecule has 0 aromatic carbocycles. The van der Waals surface area contributed by atoms with Gasteiger partial charge in [0.05, 0.1) is 11.5 Å². The Balaban J connectivity index is 2.26. The zero-order valence-corrected chi connectivity index (χ0v) is 12.2. The number of anilines is 2. The van der Waals surface area contributed by atoms with Crippen molar-refractivity contribution in [3.8, 4) is 0 Å². The smallest absolute Gasteiger partial charge is 0.332 e. The van der Waals surface area contributed by atoms with E-state index in [0.717, 1.165) is 13.1 Å². The molecule has 0 unspecified atom stereocenters. The van der Waals surface area contributed by atoms with Crippen LogP contribution in [0.5, 0.6) is 0 Å². The van der Waals surface area contributed by atoms with E-state index in [1.165, 1.54) is 0 Å². The van der Waals surface area contributed by atoms with Crippen molar-refractivity contribution >= 4 is 17.5 Å². The Kier molecular flexibility index (Phi) is 4.86. The van der Waals surface area contributed by atoms with Gasteiger partial charge in [0.25, 0.3) is 0 Å². The van der Waals surface area contributed by atoms with Gasteiger partial charge in [-0.1, -0.05) is 0 Å². The number of nitrogens with zero attached hydrogens (tertiary/aromatic N) is 5. The molecule has 0 radical (unpaired) electrons. The number of nitrogens with one attached hydrogen (secondary N) is 1. The highest BCUT2D eigenvalue weighted by Gasteiger charge is 2.28. The molecule has 2 heterocycles. The molecule has 0 amide bonds. The number of aromatic nitrogens is 2. The minimum absolute atomic E-state index is 0.0374. The Labute approximate surface area is 122 Å². The number of aryl methyl sites for hydroxylation is 1. The molecule has 116 valence electrons. The number of aliphatic hydroxyl groups excluding tert-OH is 1. The lowest BCUT2D eigenvalue weighted by molar-refractivity contribution is -0.385. The van der Waals surface area contributed by atoms with Crippen molar-refractivity contribution in [2.24, 2.45) is 0 Å². The first-order valence-corrected chi connectivity index (χ1v) is 6.85. The molecule has 9 nitrogen and oxygen atoms in total. The molecule has 2 rings (SSSR count). The number of piperazine rings is 1. The van der Waals surface area contributed by atoms with E-state index in [9.17, 15) is 10.1 Å². The van der Waals surface area contributed by atoms with Gasteiger partial charge >= 0.3 is 5.69 Å². The van der Waals surface area contributed by atoms with E-state index in [-0.39, 0.29) is 12.3 Å². The lowest BCUT2D eigenvalue weighted by Crippen LogP contribution is -2.47. The van der Waals surface area contributed by atoms with Crippen molar-refractivity contribution in [1.82, 2.24) is 14.9 Å². The molecule has 1 aromatic heterocycles. The third-order valence-corrected chi connectivity index (χ3v) is 3.53. The van der Waals surface area contributed by atoms with Gasteiger partial charge in [0.15, 0.2) is 0 Å². The molecule has 0 aliphatic carbocycles. The van der Waals surface area contributed by atoms with Crippen LogP contribution in [0.15, 0.2) is 0 Å². The zero-order chi connectivity index (χ0) is 15.4. The summed E-state index contributed by atoms with van der Waals surface area (Å²) >= 11 is 0. The highest BCUT2D eigenvalue weighted by molar-refractivity contribution is 5.62. The summed E-state index contributed by atoms with van der Waals surface area (Å²) in [6.45, 7) is 5.13. The lowest BCUT2D eigenvalue weighted by Gasteiger charge is -2.34. The molecule has 0 atom stereocenters. The number of rotatable bonds is 5. The normalized spacial score (nSPS) is 16.0. The van der Waals surface area contributed by atoms with Crippen molar-refractivity contribution in [3.05, 3.63) is 15.8 Å². The van der Waals surface area contributed by atoms with Gasteiger partial charge in [-0.05, 0) is 6.92 Å². The molecule has 1 aromatic rings. The third-order valence-electron chi connectivity index (χ3n) is 3.53. The quantitative estimate of drug-likeness (QED) is 0.570. The Morgan fingerprint density at radius 2 is 2.00 bits per heavy atom. The van der Waals surface area contributed by atoms with Crippen LogP contribution in [0.3, 0.4) is 0 Å². The van der Waals surface area contributed by atoms with Crippen molar-refractivity contribution in [2.75, 3.05) is 56.6 Å². The molecular formula is C12H20N6O3. The van der Waals surface area contributed by atoms with Gasteiger partial charge in [0.2, 0.25) is 11.8 Å². The number of aliphatic hydroxyl groups is 1. The summed E-state index contributed by atoms with van der Waals surface area (Å²) in [6.07, 6.45) is 0. The average molecular weight is 296 g/mol. The first-order chi connectivity index (χ1) is 10.1. The van der Waals surface area contributed by atoms with E-state index < -0.39 is 4.92 Å². The van der Waals surface area contributed by atoms with Crippen LogP contribution in [0.4, 0.5) is 17.5 Å². The molecule has 1 saturated heterocycles. The van der Waals surface area contributed by atoms with Gasteiger partial charge in [-0.25, -0.2) is 4.98 Å². The maximum Gasteiger partial charge on any atom is 0.332 e. The molecule has 0 spiro atoms. The van der Waals surface area contributed by atoms with Crippen LogP contribution in [-0.4, -0.2) is 71.3 Å². The van der Waals surface area contributed by atoms with Gasteiger partial charge in [-0.2, -0.15) is 4.98 Å². The molecule has 1 fully saturated rings. The van der Waals surface area contributed by atoms with Crippen LogP contribution in [0.2, 0.25) is 0 Å². The molecule has 1 aliphatic heterocycles. The average Bonchev–Trinajstić information content (AvgIpc) is 2.47. The highest BCUT2D eigenvalue weighted by Crippen LogP contribution is 2.30. The van der Waals surface area contributed by atoms with Crippen LogP contribution >= 0.6 is 0 Å². The summed E-state index contributed by atoms with van der Waals surface area (Å²) < 4.78 is 0. The molecule has 9 heteroatoms. The first-order valence-electron chi connectivity index (χ1n) is 6.85. The van der Waals surface area contributed by atoms with Gasteiger partial charge < -0.3 is 15.3 Å². The molecule has 0 bridgehead atoms. The van der Waals surface area contributed by atoms with Crippen LogP contribution in [0.1, 0.15) is 5.69 Å². The van der Waals surface area contributed by atoms with Crippen molar-refractivity contribution < 1.29 is 10.0 Å². The molecular weight excluding hydrogens is 276 g/mol. The van der Waals surface area contributed by atoms with Crippen LogP contribution in [0, 0.1) is 17.0 Å². The topological polar surface area (TPSA) is 108 Å². The second-order valence-electron chi connectivity index (χ2n) is 4.86. The predicted molar refractivity (Wildman–Crippen MR) is 78.7 cm³/mol. The fourth-order valence-electron chi connectivity index (χ4n) is 2.42. The summed E-state index contributed by atoms with van der Waals surface area (Å²) in [6, 6.07) is 0. The molecule has 21 heavy (non-hydrogen) atoms. The van der Waals surface area contributed by atoms with E-state index in [2.05, 4.69) is 20.2 Å². The molecule has 2 N–H and O–H groups in total. The van der Waals surface area contributed by atoms with E-state index in [0.29, 0.717) is 37.1 Å². The minimum Gasteiger partial charge on any atom is -0.395 e. The largest absolute Gasteiger partial charge is 0.395 e. The summed E-state index contributed by atoms with van der Waals surface area (Å²) in [7, 11) is 1.68. The second kappa shape index (κ2) is 6.64. The fraction of sp³-hybridized carbons (Fsp3) is 0.667. The lowest BCUT2D eigenvalue weighted by atomic mass is 10.2. The highest BCUT2D eigenvalue weighted by atomic mass is 16.6. The van der Waals surface area contributed by atoms with Crippen LogP contribution in [0.25, 0.3) is 0 Å². The van der Waals surface area contributed by atoms with E-state index >= 15 is 0 Å². The molecule has 1 aliphatic rings. The standard InChI is InChI=1S/C12H20N6O3/c1-9-10(18(20)21)11(15-12(13-2)14-9)17-5-3-16(4-6-17)7-8-19/h19H,3-8H2,1-2H3,(H,13,14,15). The second-order valence-corrected chi connectivity index (χ2v) is 4.86. The van der Waals surface area contributed by atoms with Crippen LogP contribution in [-0.2, 0) is 0 Å². The Bertz CT molecular complexity index is 516. The van der Waals surface area contributed by atoms with Crippen molar-refractivity contribution in [3.63, 3.8) is 0 Å². The van der Waals surface area contributed by atoms with E-state index in [4.69, 9.17) is 5.11 Å². The third kappa shape index (κ3) is 3.37. The van der Waals surface area contributed by atoms with Gasteiger partial charge in [-0.3, -0.25) is 15.0 Å². The van der Waals surface area contributed by atoms with E-state index in [1.807, 2.05) is 4.90 Å². The SMILES string of the molecule is CNc1nc(C)c([N+](=O)[O-])c(N2CCN(CCO)CC2)n1. The Morgan fingerprint density at radius 3 is 2.52 bits per heavy atom.